The number of nitrogens with zero attached hydrogens (tertiary/aromatic N) is 1. The predicted molar refractivity (Wildman–Crippen MR) is 134 cm³/mol. The number of carbonyl (C=O) groups is 5. The van der Waals surface area contributed by atoms with Gasteiger partial charge in [-0.15, -0.1) is 0 Å². The molecule has 2 amide bonds. The van der Waals surface area contributed by atoms with Crippen LogP contribution in [0.3, 0.4) is 0 Å². The van der Waals surface area contributed by atoms with E-state index >= 15 is 0 Å². The van der Waals surface area contributed by atoms with Crippen LogP contribution >= 0.6 is 0 Å². The molecule has 0 saturated carbocycles. The minimum atomic E-state index is -1.19. The molecule has 0 unspecified atom stereocenters. The van der Waals surface area contributed by atoms with E-state index in [1.807, 2.05) is 17.6 Å². The van der Waals surface area contributed by atoms with Gasteiger partial charge in [-0.25, -0.2) is 14.4 Å². The lowest BCUT2D eigenvalue weighted by molar-refractivity contribution is -0.152. The third-order valence-electron chi connectivity index (χ3n) is 4.62. The van der Waals surface area contributed by atoms with Gasteiger partial charge in [0.05, 0.1) is 12.8 Å². The van der Waals surface area contributed by atoms with E-state index < -0.39 is 49.6 Å². The van der Waals surface area contributed by atoms with Gasteiger partial charge in [-0.3, -0.25) is 20.2 Å². The van der Waals surface area contributed by atoms with Crippen molar-refractivity contribution in [2.75, 3.05) is 13.6 Å². The minimum absolute atomic E-state index is 0.0322. The number of alkyl carbamates (subject to hydrolysis) is 2. The highest BCUT2D eigenvalue weighted by Gasteiger charge is 2.15. The van der Waals surface area contributed by atoms with Crippen LogP contribution in [0, 0.1) is 0 Å². The molecular weight excluding hydrogens is 514 g/mol. The fraction of sp³-hybridized carbons (Fsp3) is 0.308. The molecule has 13 nitrogen and oxygen atoms in total. The van der Waals surface area contributed by atoms with E-state index in [4.69, 9.17) is 18.9 Å². The molecule has 2 aromatic rings. The van der Waals surface area contributed by atoms with Gasteiger partial charge >= 0.3 is 30.1 Å². The second-order valence-electron chi connectivity index (χ2n) is 7.71. The molecule has 0 fully saturated rings. The summed E-state index contributed by atoms with van der Waals surface area (Å²) in [6.07, 6.45) is -1.13. The van der Waals surface area contributed by atoms with Crippen LogP contribution in [0.15, 0.2) is 65.8 Å². The number of benzene rings is 2. The van der Waals surface area contributed by atoms with E-state index in [1.165, 1.54) is 0 Å². The monoisotopic (exact) mass is 543 g/mol. The van der Waals surface area contributed by atoms with Gasteiger partial charge in [0, 0.05) is 6.42 Å². The van der Waals surface area contributed by atoms with Gasteiger partial charge in [0.25, 0.3) is 5.96 Å². The average Bonchev–Trinajstić information content (AvgIpc) is 2.91. The first kappa shape index (κ1) is 30.3. The number of unbranched alkanes of at least 4 members (excludes halogenated alkanes) is 1. The van der Waals surface area contributed by atoms with Crippen LogP contribution in [0.2, 0.25) is 0 Å². The summed E-state index contributed by atoms with van der Waals surface area (Å²) >= 11 is 0. The molecule has 0 aliphatic rings. The number of rotatable bonds is 12. The van der Waals surface area contributed by atoms with Crippen LogP contribution in [-0.4, -0.2) is 49.6 Å². The second-order valence-corrected chi connectivity index (χ2v) is 7.71. The number of hydrogen-bond acceptors (Lipinski definition) is 11. The SMILES string of the molecule is CCCCC(=O)ON=C(NC(=O)OCOC(=O)Cc1ccccc1)NC(=O)OCOC(=O)Cc1ccccc1. The summed E-state index contributed by atoms with van der Waals surface area (Å²) in [5.74, 6) is -2.67. The number of oxime groups is 1. The third-order valence-corrected chi connectivity index (χ3v) is 4.62. The van der Waals surface area contributed by atoms with Gasteiger partial charge in [-0.2, -0.15) is 0 Å². The standard InChI is InChI=1S/C26H29N3O10/c1-2-3-14-21(30)39-29-24(27-25(33)37-17-35-22(31)15-19-10-6-4-7-11-19)28-26(34)38-18-36-23(32)16-20-12-8-5-9-13-20/h4-13H,2-3,14-18H2,1H3,(H2,27,28,29,33,34). The summed E-state index contributed by atoms with van der Waals surface area (Å²) < 4.78 is 19.1. The van der Waals surface area contributed by atoms with Crippen LogP contribution in [0.1, 0.15) is 37.3 Å². The van der Waals surface area contributed by atoms with Crippen molar-refractivity contribution < 1.29 is 47.8 Å². The smallest absolute Gasteiger partial charge is 0.416 e. The molecule has 2 aromatic carbocycles. The summed E-state index contributed by atoms with van der Waals surface area (Å²) in [6.45, 7) is 0.405. The maximum atomic E-state index is 12.1. The molecule has 0 atom stereocenters. The van der Waals surface area contributed by atoms with E-state index in [0.717, 1.165) is 6.42 Å². The van der Waals surface area contributed by atoms with E-state index in [-0.39, 0.29) is 19.3 Å². The van der Waals surface area contributed by atoms with E-state index in [1.54, 1.807) is 60.7 Å². The largest absolute Gasteiger partial charge is 0.428 e. The lowest BCUT2D eigenvalue weighted by Crippen LogP contribution is -2.45. The van der Waals surface area contributed by atoms with Crippen LogP contribution in [0.4, 0.5) is 9.59 Å². The highest BCUT2D eigenvalue weighted by Crippen LogP contribution is 2.02. The van der Waals surface area contributed by atoms with Gasteiger partial charge in [0.1, 0.15) is 0 Å². The zero-order valence-electron chi connectivity index (χ0n) is 21.3. The van der Waals surface area contributed by atoms with Crippen LogP contribution in [0.5, 0.6) is 0 Å². The third kappa shape index (κ3) is 13.8. The van der Waals surface area contributed by atoms with Gasteiger partial charge < -0.3 is 23.8 Å². The number of esters is 2. The highest BCUT2D eigenvalue weighted by atomic mass is 16.7. The molecule has 0 aliphatic heterocycles. The summed E-state index contributed by atoms with van der Waals surface area (Å²) in [5.41, 5.74) is 1.42. The van der Waals surface area contributed by atoms with Gasteiger partial charge in [0.15, 0.2) is 0 Å². The lowest BCUT2D eigenvalue weighted by Gasteiger charge is -2.11. The number of guanidine groups is 1. The molecule has 0 saturated heterocycles. The normalized spacial score (nSPS) is 9.87. The minimum Gasteiger partial charge on any atom is -0.428 e. The fourth-order valence-corrected chi connectivity index (χ4v) is 2.73. The van der Waals surface area contributed by atoms with Crippen molar-refractivity contribution in [3.8, 4) is 0 Å². The maximum absolute atomic E-state index is 12.1. The number of nitrogens with one attached hydrogen (secondary N) is 2. The van der Waals surface area contributed by atoms with Gasteiger partial charge in [-0.1, -0.05) is 74.0 Å². The molecule has 0 aliphatic carbocycles. The van der Waals surface area contributed by atoms with Crippen molar-refractivity contribution in [3.05, 3.63) is 71.8 Å². The summed E-state index contributed by atoms with van der Waals surface area (Å²) in [4.78, 5) is 64.2. The molecule has 0 spiro atoms. The van der Waals surface area contributed by atoms with E-state index in [0.29, 0.717) is 17.5 Å². The van der Waals surface area contributed by atoms with E-state index in [2.05, 4.69) is 9.99 Å². The first-order valence-corrected chi connectivity index (χ1v) is 11.9. The Morgan fingerprint density at radius 1 is 0.667 bits per heavy atom. The molecule has 0 radical (unpaired) electrons. The molecule has 2 N–H and O–H groups in total. The predicted octanol–water partition coefficient (Wildman–Crippen LogP) is 2.93. The Morgan fingerprint density at radius 2 is 1.13 bits per heavy atom. The van der Waals surface area contributed by atoms with Crippen LogP contribution in [-0.2, 0) is 51.0 Å². The molecule has 0 aromatic heterocycles. The number of carbonyl (C=O) groups excluding carboxylic acids is 5. The fourth-order valence-electron chi connectivity index (χ4n) is 2.73. The Morgan fingerprint density at radius 3 is 1.56 bits per heavy atom. The van der Waals surface area contributed by atoms with Crippen molar-refractivity contribution in [2.24, 2.45) is 5.16 Å². The summed E-state index contributed by atoms with van der Waals surface area (Å²) in [7, 11) is 0. The summed E-state index contributed by atoms with van der Waals surface area (Å²) in [5, 5.41) is 7.41. The molecule has 208 valence electrons. The number of amides is 2. The highest BCUT2D eigenvalue weighted by molar-refractivity contribution is 6.01. The van der Waals surface area contributed by atoms with Crippen molar-refractivity contribution in [1.82, 2.24) is 10.6 Å². The first-order valence-electron chi connectivity index (χ1n) is 11.9. The lowest BCUT2D eigenvalue weighted by atomic mass is 10.2. The molecule has 2 rings (SSSR count). The second kappa shape index (κ2) is 17.5. The summed E-state index contributed by atoms with van der Waals surface area (Å²) in [6, 6.07) is 17.6. The number of ether oxygens (including phenoxy) is 4. The van der Waals surface area contributed by atoms with Crippen molar-refractivity contribution in [2.45, 2.75) is 39.0 Å². The topological polar surface area (TPSA) is 168 Å². The van der Waals surface area contributed by atoms with Gasteiger partial charge in [-0.05, 0) is 22.7 Å². The van der Waals surface area contributed by atoms with E-state index in [9.17, 15) is 24.0 Å². The Labute approximate surface area is 224 Å². The van der Waals surface area contributed by atoms with Crippen LogP contribution in [0.25, 0.3) is 0 Å². The Hall–Kier alpha value is -4.94. The quantitative estimate of drug-likeness (QED) is 0.101. The molecular formula is C26H29N3O10. The first-order chi connectivity index (χ1) is 18.9. The Kier molecular flexibility index (Phi) is 13.6. The van der Waals surface area contributed by atoms with Crippen molar-refractivity contribution >= 4 is 36.1 Å². The Bertz CT molecular complexity index is 1050. The molecule has 39 heavy (non-hydrogen) atoms. The molecule has 0 heterocycles. The zero-order valence-corrected chi connectivity index (χ0v) is 21.3. The van der Waals surface area contributed by atoms with Crippen LogP contribution < -0.4 is 10.6 Å². The van der Waals surface area contributed by atoms with Gasteiger partial charge in [0.2, 0.25) is 13.6 Å². The van der Waals surface area contributed by atoms with Crippen molar-refractivity contribution in [3.63, 3.8) is 0 Å². The molecule has 13 heteroatoms. The number of hydrogen-bond donors (Lipinski definition) is 2. The zero-order chi connectivity index (χ0) is 28.3. The molecule has 0 bridgehead atoms. The van der Waals surface area contributed by atoms with Crippen molar-refractivity contribution in [1.29, 1.82) is 0 Å². The average molecular weight is 544 g/mol. The Balaban J connectivity index is 1.81. The maximum Gasteiger partial charge on any atom is 0.416 e.